The van der Waals surface area contributed by atoms with E-state index in [1.807, 2.05) is 6.07 Å². The average Bonchev–Trinajstić information content (AvgIpc) is 2.44. The van der Waals surface area contributed by atoms with E-state index in [9.17, 15) is 4.79 Å². The number of carboxylic acids is 1. The minimum absolute atomic E-state index is 0.389. The zero-order chi connectivity index (χ0) is 10.6. The number of rotatable bonds is 2. The van der Waals surface area contributed by atoms with Crippen molar-refractivity contribution in [3.05, 3.63) is 36.5 Å². The zero-order valence-corrected chi connectivity index (χ0v) is 7.84. The summed E-state index contributed by atoms with van der Waals surface area (Å²) in [7, 11) is 0. The van der Waals surface area contributed by atoms with Crippen molar-refractivity contribution in [2.75, 3.05) is 0 Å². The van der Waals surface area contributed by atoms with Gasteiger partial charge in [0.2, 0.25) is 0 Å². The summed E-state index contributed by atoms with van der Waals surface area (Å²) in [5.41, 5.74) is -1.39. The maximum atomic E-state index is 11.0. The number of carbonyl (C=O) groups is 1. The standard InChI is InChI=1S/C11H11NO2/c1-11(8-12,10(13)14)9-6-4-2-3-5-7-9/h2-7,9H,1H3,(H,13,14). The first-order valence-electron chi connectivity index (χ1n) is 4.27. The summed E-state index contributed by atoms with van der Waals surface area (Å²) in [5.74, 6) is -1.48. The van der Waals surface area contributed by atoms with E-state index < -0.39 is 11.4 Å². The first kappa shape index (κ1) is 10.3. The molecule has 0 aromatic heterocycles. The molecule has 0 heterocycles. The van der Waals surface area contributed by atoms with Crippen LogP contribution in [0.25, 0.3) is 0 Å². The predicted molar refractivity (Wildman–Crippen MR) is 52.3 cm³/mol. The van der Waals surface area contributed by atoms with E-state index in [0.29, 0.717) is 0 Å². The molecule has 0 bridgehead atoms. The number of carboxylic acid groups (broad SMARTS) is 1. The fourth-order valence-electron chi connectivity index (χ4n) is 1.21. The van der Waals surface area contributed by atoms with Crippen molar-refractivity contribution in [1.29, 1.82) is 5.26 Å². The van der Waals surface area contributed by atoms with E-state index in [-0.39, 0.29) is 5.92 Å². The lowest BCUT2D eigenvalue weighted by Gasteiger charge is -2.21. The number of hydrogen-bond donors (Lipinski definition) is 1. The van der Waals surface area contributed by atoms with E-state index in [2.05, 4.69) is 0 Å². The van der Waals surface area contributed by atoms with Crippen molar-refractivity contribution in [1.82, 2.24) is 0 Å². The summed E-state index contributed by atoms with van der Waals surface area (Å²) in [5, 5.41) is 17.8. The molecule has 0 fully saturated rings. The molecule has 1 rings (SSSR count). The summed E-state index contributed by atoms with van der Waals surface area (Å²) in [4.78, 5) is 11.0. The van der Waals surface area contributed by atoms with Gasteiger partial charge in [-0.25, -0.2) is 0 Å². The van der Waals surface area contributed by atoms with Gasteiger partial charge in [0.05, 0.1) is 6.07 Å². The van der Waals surface area contributed by atoms with Gasteiger partial charge in [-0.05, 0) is 6.92 Å². The Labute approximate surface area is 82.7 Å². The van der Waals surface area contributed by atoms with Crippen LogP contribution in [0.15, 0.2) is 36.5 Å². The number of allylic oxidation sites excluding steroid dienone is 6. The number of hydrogen-bond acceptors (Lipinski definition) is 2. The van der Waals surface area contributed by atoms with Gasteiger partial charge in [-0.1, -0.05) is 36.5 Å². The zero-order valence-electron chi connectivity index (χ0n) is 7.84. The van der Waals surface area contributed by atoms with Crippen LogP contribution in [-0.4, -0.2) is 11.1 Å². The summed E-state index contributed by atoms with van der Waals surface area (Å²) in [6, 6.07) is 1.85. The topological polar surface area (TPSA) is 61.1 Å². The maximum Gasteiger partial charge on any atom is 0.324 e. The fourth-order valence-corrected chi connectivity index (χ4v) is 1.21. The molecule has 0 saturated carbocycles. The molecule has 0 aromatic carbocycles. The first-order valence-corrected chi connectivity index (χ1v) is 4.27. The van der Waals surface area contributed by atoms with E-state index >= 15 is 0 Å². The van der Waals surface area contributed by atoms with Crippen LogP contribution < -0.4 is 0 Å². The molecule has 3 nitrogen and oxygen atoms in total. The van der Waals surface area contributed by atoms with Gasteiger partial charge in [-0.2, -0.15) is 5.26 Å². The van der Waals surface area contributed by atoms with Crippen molar-refractivity contribution in [2.45, 2.75) is 6.92 Å². The van der Waals surface area contributed by atoms with Crippen LogP contribution >= 0.6 is 0 Å². The van der Waals surface area contributed by atoms with Crippen LogP contribution in [0.2, 0.25) is 0 Å². The maximum absolute atomic E-state index is 11.0. The summed E-state index contributed by atoms with van der Waals surface area (Å²) in [6.07, 6.45) is 10.5. The summed E-state index contributed by atoms with van der Waals surface area (Å²) in [6.45, 7) is 1.43. The Bertz CT molecular complexity index is 344. The molecule has 1 unspecified atom stereocenters. The van der Waals surface area contributed by atoms with Gasteiger partial charge < -0.3 is 5.11 Å². The van der Waals surface area contributed by atoms with Crippen molar-refractivity contribution >= 4 is 5.97 Å². The van der Waals surface area contributed by atoms with Gasteiger partial charge in [0, 0.05) is 5.92 Å². The first-order chi connectivity index (χ1) is 6.61. The highest BCUT2D eigenvalue weighted by atomic mass is 16.4. The molecular weight excluding hydrogens is 178 g/mol. The minimum atomic E-state index is -1.39. The van der Waals surface area contributed by atoms with Crippen LogP contribution in [-0.2, 0) is 4.79 Å². The molecule has 0 aromatic rings. The lowest BCUT2D eigenvalue weighted by atomic mass is 9.78. The molecule has 0 aliphatic heterocycles. The molecule has 1 aliphatic carbocycles. The van der Waals surface area contributed by atoms with Gasteiger partial charge in [-0.3, -0.25) is 4.79 Å². The lowest BCUT2D eigenvalue weighted by Crippen LogP contribution is -2.32. The highest BCUT2D eigenvalue weighted by molar-refractivity contribution is 5.78. The van der Waals surface area contributed by atoms with Crippen LogP contribution in [0.4, 0.5) is 0 Å². The number of aliphatic carboxylic acids is 1. The quantitative estimate of drug-likeness (QED) is 0.721. The van der Waals surface area contributed by atoms with Gasteiger partial charge in [0.25, 0.3) is 0 Å². The molecule has 0 saturated heterocycles. The van der Waals surface area contributed by atoms with Crippen molar-refractivity contribution in [3.8, 4) is 6.07 Å². The lowest BCUT2D eigenvalue weighted by molar-refractivity contribution is -0.145. The van der Waals surface area contributed by atoms with Gasteiger partial charge in [-0.15, -0.1) is 0 Å². The second kappa shape index (κ2) is 3.93. The van der Waals surface area contributed by atoms with Gasteiger partial charge in [0.1, 0.15) is 0 Å². The van der Waals surface area contributed by atoms with E-state index in [1.165, 1.54) is 6.92 Å². The molecule has 3 heteroatoms. The Hall–Kier alpha value is -1.82. The fraction of sp³-hybridized carbons (Fsp3) is 0.273. The highest BCUT2D eigenvalue weighted by Crippen LogP contribution is 2.30. The number of nitriles is 1. The molecular formula is C11H11NO2. The smallest absolute Gasteiger partial charge is 0.324 e. The number of nitrogens with zero attached hydrogens (tertiary/aromatic N) is 1. The average molecular weight is 189 g/mol. The Morgan fingerprint density at radius 2 is 1.86 bits per heavy atom. The van der Waals surface area contributed by atoms with Crippen LogP contribution in [0.5, 0.6) is 0 Å². The summed E-state index contributed by atoms with van der Waals surface area (Å²) >= 11 is 0. The Morgan fingerprint density at radius 1 is 1.36 bits per heavy atom. The molecule has 14 heavy (non-hydrogen) atoms. The molecule has 72 valence electrons. The van der Waals surface area contributed by atoms with E-state index in [0.717, 1.165) is 0 Å². The second-order valence-corrected chi connectivity index (χ2v) is 3.30. The van der Waals surface area contributed by atoms with Crippen molar-refractivity contribution in [2.24, 2.45) is 11.3 Å². The third-order valence-corrected chi connectivity index (χ3v) is 2.31. The Morgan fingerprint density at radius 3 is 2.21 bits per heavy atom. The minimum Gasteiger partial charge on any atom is -0.480 e. The monoisotopic (exact) mass is 189 g/mol. The third kappa shape index (κ3) is 1.74. The molecule has 0 spiro atoms. The third-order valence-electron chi connectivity index (χ3n) is 2.31. The SMILES string of the molecule is CC(C#N)(C(=O)O)C1C=CC=CC=C1. The van der Waals surface area contributed by atoms with E-state index in [1.54, 1.807) is 36.5 Å². The molecule has 1 N–H and O–H groups in total. The summed E-state index contributed by atoms with van der Waals surface area (Å²) < 4.78 is 0. The molecule has 0 radical (unpaired) electrons. The normalized spacial score (nSPS) is 19.7. The molecule has 0 amide bonds. The Balaban J connectivity index is 3.03. The predicted octanol–water partition coefficient (Wildman–Crippen LogP) is 1.90. The van der Waals surface area contributed by atoms with Crippen molar-refractivity contribution < 1.29 is 9.90 Å². The molecule has 1 atom stereocenters. The van der Waals surface area contributed by atoms with E-state index in [4.69, 9.17) is 10.4 Å². The van der Waals surface area contributed by atoms with Crippen LogP contribution in [0.3, 0.4) is 0 Å². The van der Waals surface area contributed by atoms with Crippen LogP contribution in [0, 0.1) is 22.7 Å². The Kier molecular flexibility index (Phi) is 2.88. The molecule has 1 aliphatic rings. The van der Waals surface area contributed by atoms with Crippen LogP contribution in [0.1, 0.15) is 6.92 Å². The van der Waals surface area contributed by atoms with Gasteiger partial charge in [0.15, 0.2) is 5.41 Å². The largest absolute Gasteiger partial charge is 0.480 e. The van der Waals surface area contributed by atoms with Crippen molar-refractivity contribution in [3.63, 3.8) is 0 Å². The highest BCUT2D eigenvalue weighted by Gasteiger charge is 2.39. The second-order valence-electron chi connectivity index (χ2n) is 3.30. The van der Waals surface area contributed by atoms with Gasteiger partial charge >= 0.3 is 5.97 Å².